The van der Waals surface area contributed by atoms with Gasteiger partial charge in [-0.1, -0.05) is 0 Å². The number of rotatable bonds is 5. The Balaban J connectivity index is 0.000000308. The third-order valence-electron chi connectivity index (χ3n) is 5.78. The molecule has 182 valence electrons. The van der Waals surface area contributed by atoms with E-state index in [9.17, 15) is 4.79 Å². The number of fused-ring (bicyclic) bond motifs is 1. The summed E-state index contributed by atoms with van der Waals surface area (Å²) >= 11 is 1.84. The van der Waals surface area contributed by atoms with Gasteiger partial charge in [-0.2, -0.15) is 11.8 Å². The van der Waals surface area contributed by atoms with Crippen molar-refractivity contribution in [3.63, 3.8) is 0 Å². The number of thioether (sulfide) groups is 1. The summed E-state index contributed by atoms with van der Waals surface area (Å²) in [5, 5.41) is 4.52. The molecule has 1 fully saturated rings. The Morgan fingerprint density at radius 2 is 1.83 bits per heavy atom. The maximum absolute atomic E-state index is 12.4. The number of nitrogens with one attached hydrogen (secondary N) is 2. The lowest BCUT2D eigenvalue weighted by Gasteiger charge is -2.21. The number of nitrogens with zero attached hydrogens (tertiary/aromatic N) is 3. The maximum atomic E-state index is 12.4. The molecular formula is C26H30N6O2S. The average Bonchev–Trinajstić information content (AvgIpc) is 2.87. The minimum atomic E-state index is -0.0910. The predicted molar refractivity (Wildman–Crippen MR) is 143 cm³/mol. The van der Waals surface area contributed by atoms with Gasteiger partial charge in [-0.25, -0.2) is 4.98 Å². The highest BCUT2D eigenvalue weighted by atomic mass is 32.2. The quantitative estimate of drug-likeness (QED) is 0.367. The topological polar surface area (TPSA) is 119 Å². The molecule has 4 aromatic rings. The second-order valence-corrected chi connectivity index (χ2v) is 9.70. The summed E-state index contributed by atoms with van der Waals surface area (Å²) in [7, 11) is 0. The minimum absolute atomic E-state index is 0.0910. The zero-order valence-electron chi connectivity index (χ0n) is 20.0. The number of ether oxygens (including phenoxy) is 1. The van der Waals surface area contributed by atoms with Crippen molar-refractivity contribution in [2.75, 3.05) is 24.3 Å². The van der Waals surface area contributed by atoms with Crippen LogP contribution in [0.1, 0.15) is 29.8 Å². The Labute approximate surface area is 208 Å². The first-order valence-electron chi connectivity index (χ1n) is 11.6. The number of benzene rings is 1. The van der Waals surface area contributed by atoms with Gasteiger partial charge < -0.3 is 20.8 Å². The zero-order chi connectivity index (χ0) is 24.6. The highest BCUT2D eigenvalue weighted by Crippen LogP contribution is 2.25. The van der Waals surface area contributed by atoms with Crippen molar-refractivity contribution in [1.29, 1.82) is 0 Å². The SMILES string of the molecule is Cc1ccncc1N.Cc1ccncc1Nc1ccc2c(=O)[nH]c(CSC3CCOCC3)nc2c1. The number of aryl methyl sites for hydroxylation is 2. The van der Waals surface area contributed by atoms with Crippen molar-refractivity contribution < 1.29 is 4.74 Å². The van der Waals surface area contributed by atoms with Crippen LogP contribution in [0.15, 0.2) is 59.9 Å². The van der Waals surface area contributed by atoms with Gasteiger partial charge in [-0.15, -0.1) is 0 Å². The molecule has 0 unspecified atom stereocenters. The molecule has 5 rings (SSSR count). The van der Waals surface area contributed by atoms with Gasteiger partial charge in [-0.3, -0.25) is 14.8 Å². The molecule has 1 aromatic carbocycles. The van der Waals surface area contributed by atoms with Gasteiger partial charge in [0.05, 0.1) is 34.2 Å². The normalized spacial score (nSPS) is 13.8. The lowest BCUT2D eigenvalue weighted by atomic mass is 10.2. The van der Waals surface area contributed by atoms with Crippen LogP contribution in [0.5, 0.6) is 0 Å². The van der Waals surface area contributed by atoms with E-state index in [1.165, 1.54) is 0 Å². The van der Waals surface area contributed by atoms with Gasteiger partial charge >= 0.3 is 0 Å². The number of aromatic nitrogens is 4. The average molecular weight is 491 g/mol. The largest absolute Gasteiger partial charge is 0.397 e. The van der Waals surface area contributed by atoms with E-state index in [2.05, 4.69) is 25.3 Å². The number of hydrogen-bond donors (Lipinski definition) is 3. The maximum Gasteiger partial charge on any atom is 0.258 e. The second-order valence-electron chi connectivity index (χ2n) is 8.42. The Kier molecular flexibility index (Phi) is 8.33. The van der Waals surface area contributed by atoms with Crippen molar-refractivity contribution in [3.05, 3.63) is 82.4 Å². The van der Waals surface area contributed by atoms with E-state index in [0.717, 1.165) is 60.1 Å². The van der Waals surface area contributed by atoms with E-state index in [0.29, 0.717) is 21.9 Å². The molecule has 0 amide bonds. The van der Waals surface area contributed by atoms with Gasteiger partial charge in [-0.05, 0) is 68.1 Å². The highest BCUT2D eigenvalue weighted by Gasteiger charge is 2.15. The van der Waals surface area contributed by atoms with Crippen LogP contribution < -0.4 is 16.6 Å². The van der Waals surface area contributed by atoms with Crippen molar-refractivity contribution in [2.24, 2.45) is 0 Å². The molecule has 4 heterocycles. The van der Waals surface area contributed by atoms with E-state index in [-0.39, 0.29) is 5.56 Å². The highest BCUT2D eigenvalue weighted by molar-refractivity contribution is 7.99. The molecule has 0 atom stereocenters. The van der Waals surface area contributed by atoms with Crippen LogP contribution in [0.3, 0.4) is 0 Å². The molecule has 35 heavy (non-hydrogen) atoms. The van der Waals surface area contributed by atoms with Crippen molar-refractivity contribution in [2.45, 2.75) is 37.7 Å². The molecule has 0 spiro atoms. The first-order chi connectivity index (χ1) is 17.0. The summed E-state index contributed by atoms with van der Waals surface area (Å²) < 4.78 is 5.40. The smallest absolute Gasteiger partial charge is 0.258 e. The van der Waals surface area contributed by atoms with Crippen LogP contribution in [-0.2, 0) is 10.5 Å². The van der Waals surface area contributed by atoms with Crippen molar-refractivity contribution >= 4 is 39.7 Å². The number of aromatic amines is 1. The van der Waals surface area contributed by atoms with E-state index >= 15 is 0 Å². The molecule has 0 radical (unpaired) electrons. The Bertz CT molecular complexity index is 1320. The van der Waals surface area contributed by atoms with Gasteiger partial charge in [0.25, 0.3) is 5.56 Å². The summed E-state index contributed by atoms with van der Waals surface area (Å²) in [4.78, 5) is 28.0. The number of nitrogen functional groups attached to an aromatic ring is 1. The summed E-state index contributed by atoms with van der Waals surface area (Å²) in [6.45, 7) is 5.63. The molecule has 3 aromatic heterocycles. The van der Waals surface area contributed by atoms with Crippen LogP contribution in [0.4, 0.5) is 17.1 Å². The second kappa shape index (κ2) is 11.8. The molecule has 0 aliphatic carbocycles. The molecule has 1 aliphatic heterocycles. The fourth-order valence-corrected chi connectivity index (χ4v) is 4.66. The predicted octanol–water partition coefficient (Wildman–Crippen LogP) is 4.75. The minimum Gasteiger partial charge on any atom is -0.397 e. The van der Waals surface area contributed by atoms with E-state index in [1.54, 1.807) is 24.8 Å². The molecule has 8 nitrogen and oxygen atoms in total. The van der Waals surface area contributed by atoms with Gasteiger partial charge in [0.1, 0.15) is 5.82 Å². The third kappa shape index (κ3) is 6.80. The Morgan fingerprint density at radius 1 is 1.09 bits per heavy atom. The third-order valence-corrected chi connectivity index (χ3v) is 7.16. The van der Waals surface area contributed by atoms with Crippen molar-refractivity contribution in [3.8, 4) is 0 Å². The van der Waals surface area contributed by atoms with Gasteiger partial charge in [0.15, 0.2) is 0 Å². The number of hydrogen-bond acceptors (Lipinski definition) is 8. The lowest BCUT2D eigenvalue weighted by molar-refractivity contribution is 0.1000. The van der Waals surface area contributed by atoms with Crippen LogP contribution in [-0.4, -0.2) is 38.4 Å². The van der Waals surface area contributed by atoms with Crippen LogP contribution in [0.25, 0.3) is 10.9 Å². The van der Waals surface area contributed by atoms with E-state index < -0.39 is 0 Å². The number of nitrogens with two attached hydrogens (primary N) is 1. The zero-order valence-corrected chi connectivity index (χ0v) is 20.8. The van der Waals surface area contributed by atoms with E-state index in [1.807, 2.05) is 55.9 Å². The fraction of sp³-hybridized carbons (Fsp3) is 0.308. The van der Waals surface area contributed by atoms with E-state index in [4.69, 9.17) is 10.5 Å². The molecule has 1 aliphatic rings. The summed E-state index contributed by atoms with van der Waals surface area (Å²) in [5.74, 6) is 1.42. The Morgan fingerprint density at radius 3 is 2.51 bits per heavy atom. The molecular weight excluding hydrogens is 460 g/mol. The van der Waals surface area contributed by atoms with Crippen LogP contribution >= 0.6 is 11.8 Å². The Hall–Kier alpha value is -3.43. The molecule has 9 heteroatoms. The molecule has 0 bridgehead atoms. The van der Waals surface area contributed by atoms with Gasteiger partial charge in [0.2, 0.25) is 0 Å². The standard InChI is InChI=1S/C20H22N4O2S.C6H8N2/c1-13-4-7-21-11-18(13)22-14-2-3-16-17(10-14)23-19(24-20(16)25)12-27-15-5-8-26-9-6-15;1-5-2-3-8-4-6(5)7/h2-4,7,10-11,15,22H,5-6,8-9,12H2,1H3,(H,23,24,25);2-4H,7H2,1H3. The van der Waals surface area contributed by atoms with Gasteiger partial charge in [0, 0.05) is 42.7 Å². The first kappa shape index (κ1) is 24.7. The van der Waals surface area contributed by atoms with Crippen LogP contribution in [0, 0.1) is 13.8 Å². The van der Waals surface area contributed by atoms with Crippen LogP contribution in [0.2, 0.25) is 0 Å². The monoisotopic (exact) mass is 490 g/mol. The fourth-order valence-electron chi connectivity index (χ4n) is 3.60. The first-order valence-corrected chi connectivity index (χ1v) is 12.6. The molecule has 1 saturated heterocycles. The summed E-state index contributed by atoms with van der Waals surface area (Å²) in [6, 6.07) is 9.46. The lowest BCUT2D eigenvalue weighted by Crippen LogP contribution is -2.18. The molecule has 0 saturated carbocycles. The number of H-pyrrole nitrogens is 1. The number of anilines is 3. The number of pyridine rings is 2. The summed E-state index contributed by atoms with van der Waals surface area (Å²) in [5.41, 5.74) is 10.8. The molecule has 4 N–H and O–H groups in total. The summed E-state index contributed by atoms with van der Waals surface area (Å²) in [6.07, 6.45) is 9.05. The van der Waals surface area contributed by atoms with Crippen molar-refractivity contribution in [1.82, 2.24) is 19.9 Å².